The smallest absolute Gasteiger partial charge is 0.462 e. The Balaban J connectivity index is 5.22. The quantitative estimate of drug-likeness (QED) is 0.0222. The van der Waals surface area contributed by atoms with Crippen LogP contribution in [0.4, 0.5) is 0 Å². The van der Waals surface area contributed by atoms with Gasteiger partial charge in [-0.15, -0.1) is 0 Å². The number of phosphoric ester groups is 2. The van der Waals surface area contributed by atoms with E-state index in [2.05, 4.69) is 41.5 Å². The Morgan fingerprint density at radius 3 is 0.738 bits per heavy atom. The average molecular weight is 1510 g/mol. The minimum atomic E-state index is -4.96. The van der Waals surface area contributed by atoms with E-state index in [1.165, 1.54) is 257 Å². The van der Waals surface area contributed by atoms with Gasteiger partial charge in [-0.05, 0) is 37.5 Å². The van der Waals surface area contributed by atoms with Crippen molar-refractivity contribution in [1.82, 2.24) is 0 Å². The zero-order valence-corrected chi connectivity index (χ0v) is 69.4. The van der Waals surface area contributed by atoms with Gasteiger partial charge in [-0.1, -0.05) is 395 Å². The normalized spacial score (nSPS) is 14.1. The van der Waals surface area contributed by atoms with Gasteiger partial charge >= 0.3 is 39.5 Å². The molecule has 0 aliphatic heterocycles. The van der Waals surface area contributed by atoms with Gasteiger partial charge in [0, 0.05) is 25.7 Å². The van der Waals surface area contributed by atoms with Gasteiger partial charge in [-0.25, -0.2) is 9.13 Å². The molecule has 0 fully saturated rings. The molecule has 0 saturated heterocycles. The predicted octanol–water partition coefficient (Wildman–Crippen LogP) is 25.5. The number of rotatable bonds is 83. The van der Waals surface area contributed by atoms with E-state index in [9.17, 15) is 43.2 Å². The van der Waals surface area contributed by atoms with Crippen LogP contribution >= 0.6 is 15.6 Å². The lowest BCUT2D eigenvalue weighted by atomic mass is 10.00. The van der Waals surface area contributed by atoms with Crippen LogP contribution < -0.4 is 0 Å². The number of hydrogen-bond donors (Lipinski definition) is 3. The first kappa shape index (κ1) is 101. The summed E-state index contributed by atoms with van der Waals surface area (Å²) in [5.74, 6) is -0.625. The summed E-state index contributed by atoms with van der Waals surface area (Å²) in [6.45, 7) is 9.60. The number of aliphatic hydroxyl groups is 1. The van der Waals surface area contributed by atoms with Gasteiger partial charge in [0.05, 0.1) is 26.4 Å². The van der Waals surface area contributed by atoms with E-state index in [0.29, 0.717) is 25.7 Å². The standard InChI is InChI=1S/C84H164O17P2/c1-7-10-12-14-16-18-20-22-24-26-28-30-32-34-36-38-43-47-54-60-66-81(86)94-72-79(100-83(88)68-62-56-48-44-39-37-35-33-31-29-27-25-23-21-19-17-15-13-11-8-2)74-98-102(90,91)96-70-78(85)71-97-103(92,93)99-75-80(73-95-82(87)67-61-55-51-50-53-59-65-77(6)9-3)101-84(89)69-63-57-49-45-41-40-42-46-52-58-64-76(4)5/h76-80,85H,7-75H2,1-6H3,(H,90,91)(H,92,93)/t77?,78-,79-,80-/m1/s1. The summed E-state index contributed by atoms with van der Waals surface area (Å²) < 4.78 is 68.8. The molecule has 3 N–H and O–H groups in total. The maximum Gasteiger partial charge on any atom is 0.472 e. The Labute approximate surface area is 632 Å². The third kappa shape index (κ3) is 76.6. The Kier molecular flexibility index (Phi) is 74.1. The van der Waals surface area contributed by atoms with Crippen LogP contribution in [-0.4, -0.2) is 96.7 Å². The number of unbranched alkanes of at least 4 members (excludes halogenated alkanes) is 52. The maximum absolute atomic E-state index is 13.1. The van der Waals surface area contributed by atoms with Crippen molar-refractivity contribution < 1.29 is 80.2 Å². The number of ether oxygens (including phenoxy) is 4. The van der Waals surface area contributed by atoms with Crippen LogP contribution in [0, 0.1) is 11.8 Å². The zero-order chi connectivity index (χ0) is 75.6. The fourth-order valence-electron chi connectivity index (χ4n) is 13.0. The van der Waals surface area contributed by atoms with E-state index in [4.69, 9.17) is 37.0 Å². The molecule has 0 aromatic carbocycles. The molecular formula is C84H164O17P2. The molecule has 0 spiro atoms. The van der Waals surface area contributed by atoms with E-state index >= 15 is 0 Å². The number of carbonyl (C=O) groups is 4. The Bertz CT molecular complexity index is 1980. The van der Waals surface area contributed by atoms with Gasteiger partial charge < -0.3 is 33.8 Å². The van der Waals surface area contributed by atoms with Crippen molar-refractivity contribution in [1.29, 1.82) is 0 Å². The number of phosphoric acid groups is 2. The number of hydrogen-bond acceptors (Lipinski definition) is 15. The molecule has 612 valence electrons. The van der Waals surface area contributed by atoms with Gasteiger partial charge in [-0.2, -0.15) is 0 Å². The molecule has 0 aromatic rings. The molecule has 0 aliphatic rings. The van der Waals surface area contributed by atoms with E-state index in [-0.39, 0.29) is 25.7 Å². The second-order valence-corrected chi connectivity index (χ2v) is 33.8. The van der Waals surface area contributed by atoms with E-state index < -0.39 is 97.5 Å². The van der Waals surface area contributed by atoms with Crippen molar-refractivity contribution in [3.05, 3.63) is 0 Å². The monoisotopic (exact) mass is 1510 g/mol. The SMILES string of the molecule is CCCCCCCCCCCCCCCCCCCCCCC(=O)OC[C@H](COP(=O)(O)OC[C@@H](O)COP(=O)(O)OC[C@@H](COC(=O)CCCCCCCCC(C)CC)OC(=O)CCCCCCCCCCCCC(C)C)OC(=O)CCCCCCCCCCCCCCCCCCCCCC. The predicted molar refractivity (Wildman–Crippen MR) is 423 cm³/mol. The van der Waals surface area contributed by atoms with Crippen molar-refractivity contribution in [3.8, 4) is 0 Å². The first-order chi connectivity index (χ1) is 49.9. The fraction of sp³-hybridized carbons (Fsp3) is 0.952. The molecule has 0 radical (unpaired) electrons. The molecule has 0 rings (SSSR count). The molecule has 0 aromatic heterocycles. The molecule has 6 atom stereocenters. The Morgan fingerprint density at radius 1 is 0.282 bits per heavy atom. The summed E-state index contributed by atoms with van der Waals surface area (Å²) in [6.07, 6.45) is 66.8. The summed E-state index contributed by atoms with van der Waals surface area (Å²) in [6, 6.07) is 0. The number of aliphatic hydroxyl groups excluding tert-OH is 1. The van der Waals surface area contributed by atoms with Crippen LogP contribution in [0.2, 0.25) is 0 Å². The van der Waals surface area contributed by atoms with Gasteiger partial charge in [0.15, 0.2) is 12.2 Å². The highest BCUT2D eigenvalue weighted by Crippen LogP contribution is 2.45. The third-order valence-electron chi connectivity index (χ3n) is 20.1. The molecule has 0 saturated carbocycles. The van der Waals surface area contributed by atoms with Crippen LogP contribution in [0.1, 0.15) is 446 Å². The minimum absolute atomic E-state index is 0.105. The van der Waals surface area contributed by atoms with Gasteiger partial charge in [-0.3, -0.25) is 37.3 Å². The van der Waals surface area contributed by atoms with Crippen LogP contribution in [0.5, 0.6) is 0 Å². The van der Waals surface area contributed by atoms with E-state index in [0.717, 1.165) is 108 Å². The van der Waals surface area contributed by atoms with Crippen molar-refractivity contribution >= 4 is 39.5 Å². The molecule has 17 nitrogen and oxygen atoms in total. The van der Waals surface area contributed by atoms with Crippen molar-refractivity contribution in [2.24, 2.45) is 11.8 Å². The van der Waals surface area contributed by atoms with Crippen LogP contribution in [-0.2, 0) is 65.4 Å². The molecular weight excluding hydrogens is 1340 g/mol. The largest absolute Gasteiger partial charge is 0.472 e. The van der Waals surface area contributed by atoms with Gasteiger partial charge in [0.1, 0.15) is 19.3 Å². The van der Waals surface area contributed by atoms with Crippen molar-refractivity contribution in [3.63, 3.8) is 0 Å². The lowest BCUT2D eigenvalue weighted by Gasteiger charge is -2.21. The lowest BCUT2D eigenvalue weighted by Crippen LogP contribution is -2.30. The summed E-state index contributed by atoms with van der Waals surface area (Å²) >= 11 is 0. The number of esters is 4. The Morgan fingerprint density at radius 2 is 0.495 bits per heavy atom. The highest BCUT2D eigenvalue weighted by atomic mass is 31.2. The highest BCUT2D eigenvalue weighted by molar-refractivity contribution is 7.47. The van der Waals surface area contributed by atoms with E-state index in [1.807, 2.05) is 0 Å². The number of carbonyl (C=O) groups excluding carboxylic acids is 4. The lowest BCUT2D eigenvalue weighted by molar-refractivity contribution is -0.161. The molecule has 0 heterocycles. The summed E-state index contributed by atoms with van der Waals surface area (Å²) in [5, 5.41) is 10.7. The fourth-order valence-corrected chi connectivity index (χ4v) is 14.6. The van der Waals surface area contributed by atoms with Crippen molar-refractivity contribution in [2.45, 2.75) is 464 Å². The van der Waals surface area contributed by atoms with Gasteiger partial charge in [0.25, 0.3) is 0 Å². The molecule has 0 aliphatic carbocycles. The van der Waals surface area contributed by atoms with Crippen molar-refractivity contribution in [2.75, 3.05) is 39.6 Å². The summed E-state index contributed by atoms with van der Waals surface area (Å²) in [4.78, 5) is 73.1. The minimum Gasteiger partial charge on any atom is -0.462 e. The van der Waals surface area contributed by atoms with Gasteiger partial charge in [0.2, 0.25) is 0 Å². The molecule has 3 unspecified atom stereocenters. The second kappa shape index (κ2) is 75.5. The first-order valence-electron chi connectivity index (χ1n) is 43.5. The Hall–Kier alpha value is -1.94. The van der Waals surface area contributed by atoms with E-state index in [1.54, 1.807) is 0 Å². The third-order valence-corrected chi connectivity index (χ3v) is 22.0. The first-order valence-corrected chi connectivity index (χ1v) is 46.5. The zero-order valence-electron chi connectivity index (χ0n) is 67.6. The average Bonchev–Trinajstić information content (AvgIpc) is 0.927. The molecule has 19 heteroatoms. The second-order valence-electron chi connectivity index (χ2n) is 30.9. The summed E-state index contributed by atoms with van der Waals surface area (Å²) in [7, 11) is -9.92. The molecule has 0 amide bonds. The highest BCUT2D eigenvalue weighted by Gasteiger charge is 2.30. The molecule has 103 heavy (non-hydrogen) atoms. The van der Waals surface area contributed by atoms with Crippen LogP contribution in [0.25, 0.3) is 0 Å². The summed E-state index contributed by atoms with van der Waals surface area (Å²) in [5.41, 5.74) is 0. The maximum atomic E-state index is 13.1. The topological polar surface area (TPSA) is 237 Å². The molecule has 0 bridgehead atoms. The van der Waals surface area contributed by atoms with Crippen LogP contribution in [0.3, 0.4) is 0 Å². The van der Waals surface area contributed by atoms with Crippen LogP contribution in [0.15, 0.2) is 0 Å².